The van der Waals surface area contributed by atoms with Crippen LogP contribution in [0.1, 0.15) is 6.92 Å². The van der Waals surface area contributed by atoms with Gasteiger partial charge in [0.25, 0.3) is 0 Å². The Balaban J connectivity index is 1.55. The zero-order valence-electron chi connectivity index (χ0n) is 14.0. The van der Waals surface area contributed by atoms with Crippen molar-refractivity contribution in [3.8, 4) is 0 Å². The molecule has 8 heteroatoms. The van der Waals surface area contributed by atoms with Crippen molar-refractivity contribution in [3.63, 3.8) is 0 Å². The Hall–Kier alpha value is -2.64. The number of rotatable bonds is 5. The number of aliphatic imine (C=N–C) groups is 1. The fourth-order valence-electron chi connectivity index (χ4n) is 2.69. The van der Waals surface area contributed by atoms with E-state index in [4.69, 9.17) is 4.99 Å². The fourth-order valence-corrected chi connectivity index (χ4v) is 2.69. The summed E-state index contributed by atoms with van der Waals surface area (Å²) in [6.07, 6.45) is 7.33. The molecule has 0 atom stereocenters. The molecule has 0 aromatic carbocycles. The smallest absolute Gasteiger partial charge is 0.225 e. The van der Waals surface area contributed by atoms with Gasteiger partial charge in [0.1, 0.15) is 0 Å². The third kappa shape index (κ3) is 4.21. The zero-order chi connectivity index (χ0) is 16.6. The lowest BCUT2D eigenvalue weighted by atomic mass is 10.3. The molecule has 128 valence electrons. The minimum atomic E-state index is 0.714. The fraction of sp³-hybridized carbons (Fsp3) is 0.500. The van der Waals surface area contributed by atoms with Crippen LogP contribution in [0.3, 0.4) is 0 Å². The Kier molecular flexibility index (Phi) is 5.60. The van der Waals surface area contributed by atoms with Gasteiger partial charge in [-0.3, -0.25) is 9.67 Å². The van der Waals surface area contributed by atoms with Crippen LogP contribution in [0.4, 0.5) is 5.95 Å². The molecule has 2 aromatic rings. The molecule has 1 saturated heterocycles. The second-order valence-electron chi connectivity index (χ2n) is 5.53. The predicted molar refractivity (Wildman–Crippen MR) is 94.0 cm³/mol. The van der Waals surface area contributed by atoms with E-state index in [9.17, 15) is 0 Å². The van der Waals surface area contributed by atoms with Crippen LogP contribution >= 0.6 is 0 Å². The molecule has 2 aromatic heterocycles. The van der Waals surface area contributed by atoms with E-state index in [1.165, 1.54) is 0 Å². The van der Waals surface area contributed by atoms with Crippen molar-refractivity contribution in [2.75, 3.05) is 44.2 Å². The highest BCUT2D eigenvalue weighted by Gasteiger charge is 2.20. The molecular formula is C16H24N8. The van der Waals surface area contributed by atoms with E-state index in [0.717, 1.165) is 51.2 Å². The first-order valence-electron chi connectivity index (χ1n) is 8.39. The monoisotopic (exact) mass is 328 g/mol. The maximum atomic E-state index is 4.73. The zero-order valence-corrected chi connectivity index (χ0v) is 14.0. The summed E-state index contributed by atoms with van der Waals surface area (Å²) < 4.78 is 1.90. The third-order valence-electron chi connectivity index (χ3n) is 3.90. The van der Waals surface area contributed by atoms with Gasteiger partial charge in [-0.15, -0.1) is 0 Å². The van der Waals surface area contributed by atoms with Crippen LogP contribution in [-0.2, 0) is 6.54 Å². The summed E-state index contributed by atoms with van der Waals surface area (Å²) in [6.45, 7) is 8.07. The van der Waals surface area contributed by atoms with Crippen molar-refractivity contribution in [3.05, 3.63) is 36.9 Å². The Morgan fingerprint density at radius 2 is 1.92 bits per heavy atom. The van der Waals surface area contributed by atoms with Crippen LogP contribution in [0.15, 0.2) is 41.9 Å². The summed E-state index contributed by atoms with van der Waals surface area (Å²) in [4.78, 5) is 17.9. The molecule has 0 unspecified atom stereocenters. The topological polar surface area (TPSA) is 74.5 Å². The summed E-state index contributed by atoms with van der Waals surface area (Å²) in [7, 11) is 0. The molecule has 24 heavy (non-hydrogen) atoms. The van der Waals surface area contributed by atoms with Gasteiger partial charge in [0.05, 0.1) is 13.1 Å². The molecule has 1 aliphatic heterocycles. The highest BCUT2D eigenvalue weighted by Crippen LogP contribution is 2.09. The van der Waals surface area contributed by atoms with Crippen molar-refractivity contribution in [1.29, 1.82) is 0 Å². The number of piperazine rings is 1. The summed E-state index contributed by atoms with van der Waals surface area (Å²) in [5.41, 5.74) is 0. The average molecular weight is 328 g/mol. The van der Waals surface area contributed by atoms with Crippen molar-refractivity contribution in [2.24, 2.45) is 4.99 Å². The van der Waals surface area contributed by atoms with Crippen LogP contribution in [0.25, 0.3) is 0 Å². The minimum absolute atomic E-state index is 0.714. The Bertz CT molecular complexity index is 617. The van der Waals surface area contributed by atoms with Gasteiger partial charge in [-0.25, -0.2) is 9.97 Å². The van der Waals surface area contributed by atoms with Gasteiger partial charge < -0.3 is 15.1 Å². The molecule has 0 aliphatic carbocycles. The van der Waals surface area contributed by atoms with E-state index < -0.39 is 0 Å². The van der Waals surface area contributed by atoms with E-state index in [-0.39, 0.29) is 0 Å². The van der Waals surface area contributed by atoms with Crippen molar-refractivity contribution < 1.29 is 0 Å². The van der Waals surface area contributed by atoms with Gasteiger partial charge in [0.15, 0.2) is 5.96 Å². The van der Waals surface area contributed by atoms with Crippen LogP contribution in [0.5, 0.6) is 0 Å². The maximum absolute atomic E-state index is 4.73. The second kappa shape index (κ2) is 8.28. The van der Waals surface area contributed by atoms with Gasteiger partial charge in [0, 0.05) is 57.5 Å². The van der Waals surface area contributed by atoms with E-state index in [2.05, 4.69) is 37.1 Å². The number of hydrogen-bond donors (Lipinski definition) is 1. The molecule has 1 fully saturated rings. The van der Waals surface area contributed by atoms with Crippen LogP contribution in [0, 0.1) is 0 Å². The van der Waals surface area contributed by atoms with E-state index >= 15 is 0 Å². The van der Waals surface area contributed by atoms with Gasteiger partial charge in [-0.2, -0.15) is 5.10 Å². The second-order valence-corrected chi connectivity index (χ2v) is 5.53. The molecule has 3 heterocycles. The lowest BCUT2D eigenvalue weighted by Gasteiger charge is -2.36. The van der Waals surface area contributed by atoms with Gasteiger partial charge >= 0.3 is 0 Å². The first-order valence-corrected chi connectivity index (χ1v) is 8.39. The number of hydrogen-bond acceptors (Lipinski definition) is 5. The summed E-state index contributed by atoms with van der Waals surface area (Å²) in [6, 6.07) is 3.77. The predicted octanol–water partition coefficient (Wildman–Crippen LogP) is 0.461. The number of nitrogens with one attached hydrogen (secondary N) is 1. The standard InChI is InChI=1S/C16H24N8/c1-2-17-15(20-8-10-24-9-4-7-21-24)22-11-13-23(14-12-22)16-18-5-3-6-19-16/h3-7,9H,2,8,10-14H2,1H3,(H,17,20). The SMILES string of the molecule is CCNC(=NCCn1cccn1)N1CCN(c2ncccn2)CC1. The highest BCUT2D eigenvalue weighted by atomic mass is 15.4. The van der Waals surface area contributed by atoms with E-state index in [0.29, 0.717) is 6.54 Å². The molecule has 0 spiro atoms. The van der Waals surface area contributed by atoms with Gasteiger partial charge in [-0.05, 0) is 19.1 Å². The lowest BCUT2D eigenvalue weighted by Crippen LogP contribution is -2.53. The maximum Gasteiger partial charge on any atom is 0.225 e. The molecule has 0 saturated carbocycles. The summed E-state index contributed by atoms with van der Waals surface area (Å²) in [5.74, 6) is 1.77. The van der Waals surface area contributed by atoms with Crippen molar-refractivity contribution in [2.45, 2.75) is 13.5 Å². The summed E-state index contributed by atoms with van der Waals surface area (Å²) >= 11 is 0. The molecule has 0 bridgehead atoms. The molecule has 0 amide bonds. The average Bonchev–Trinajstić information content (AvgIpc) is 3.15. The molecule has 8 nitrogen and oxygen atoms in total. The minimum Gasteiger partial charge on any atom is -0.357 e. The van der Waals surface area contributed by atoms with Crippen molar-refractivity contribution >= 4 is 11.9 Å². The van der Waals surface area contributed by atoms with Crippen LogP contribution in [-0.4, -0.2) is 69.9 Å². The highest BCUT2D eigenvalue weighted by molar-refractivity contribution is 5.80. The lowest BCUT2D eigenvalue weighted by molar-refractivity contribution is 0.369. The quantitative estimate of drug-likeness (QED) is 0.635. The van der Waals surface area contributed by atoms with Crippen LogP contribution in [0.2, 0.25) is 0 Å². The van der Waals surface area contributed by atoms with Crippen molar-refractivity contribution in [1.82, 2.24) is 30.0 Å². The molecule has 1 aliphatic rings. The number of anilines is 1. The first-order chi connectivity index (χ1) is 11.9. The molecule has 1 N–H and O–H groups in total. The number of guanidine groups is 1. The first kappa shape index (κ1) is 16.2. The van der Waals surface area contributed by atoms with E-state index in [1.807, 2.05) is 23.0 Å². The largest absolute Gasteiger partial charge is 0.357 e. The Labute approximate surface area is 142 Å². The Morgan fingerprint density at radius 1 is 1.12 bits per heavy atom. The molecule has 0 radical (unpaired) electrons. The normalized spacial score (nSPS) is 15.6. The summed E-state index contributed by atoms with van der Waals surface area (Å²) in [5, 5.41) is 7.59. The molecular weight excluding hydrogens is 304 g/mol. The van der Waals surface area contributed by atoms with E-state index in [1.54, 1.807) is 18.6 Å². The third-order valence-corrected chi connectivity index (χ3v) is 3.90. The number of aromatic nitrogens is 4. The Morgan fingerprint density at radius 3 is 2.58 bits per heavy atom. The van der Waals surface area contributed by atoms with Gasteiger partial charge in [-0.1, -0.05) is 0 Å². The van der Waals surface area contributed by atoms with Crippen LogP contribution < -0.4 is 10.2 Å². The number of nitrogens with zero attached hydrogens (tertiary/aromatic N) is 7. The molecule has 3 rings (SSSR count). The van der Waals surface area contributed by atoms with Gasteiger partial charge in [0.2, 0.25) is 5.95 Å².